The van der Waals surface area contributed by atoms with Crippen LogP contribution in [0.3, 0.4) is 0 Å². The molecule has 1 amide bonds. The topological polar surface area (TPSA) is 46.4 Å². The minimum absolute atomic E-state index is 0.00103. The molecule has 2 atom stereocenters. The highest BCUT2D eigenvalue weighted by atomic mass is 35.5. The van der Waals surface area contributed by atoms with Gasteiger partial charge in [0.05, 0.1) is 27.5 Å². The first-order valence-corrected chi connectivity index (χ1v) is 10.1. The van der Waals surface area contributed by atoms with Crippen LogP contribution in [0.2, 0.25) is 5.02 Å². The molecule has 1 saturated heterocycles. The monoisotopic (exact) mass is 386 g/mol. The number of halogens is 1. The van der Waals surface area contributed by atoms with Crippen molar-refractivity contribution in [3.8, 4) is 0 Å². The van der Waals surface area contributed by atoms with Crippen molar-refractivity contribution in [2.45, 2.75) is 25.3 Å². The van der Waals surface area contributed by atoms with E-state index in [-0.39, 0.29) is 11.9 Å². The Labute approximate surface area is 161 Å². The SMILES string of the molecule is O=C(C[NH+]1CCCC[C@H]1c1nc2ccccc2s1)Nc1ccccc1Cl. The summed E-state index contributed by atoms with van der Waals surface area (Å²) in [5.41, 5.74) is 1.73. The highest BCUT2D eigenvalue weighted by Gasteiger charge is 2.32. The highest BCUT2D eigenvalue weighted by Crippen LogP contribution is 2.28. The molecule has 3 aromatic rings. The van der Waals surface area contributed by atoms with Crippen molar-refractivity contribution >= 4 is 44.7 Å². The summed E-state index contributed by atoms with van der Waals surface area (Å²) < 4.78 is 1.22. The van der Waals surface area contributed by atoms with Crippen LogP contribution in [-0.4, -0.2) is 24.0 Å². The normalized spacial score (nSPS) is 20.2. The average Bonchev–Trinajstić information content (AvgIpc) is 3.08. The molecule has 2 N–H and O–H groups in total. The first-order valence-electron chi connectivity index (χ1n) is 8.95. The number of hydrogen-bond donors (Lipinski definition) is 2. The number of fused-ring (bicyclic) bond motifs is 1. The van der Waals surface area contributed by atoms with Gasteiger partial charge < -0.3 is 10.2 Å². The van der Waals surface area contributed by atoms with E-state index in [9.17, 15) is 4.79 Å². The van der Waals surface area contributed by atoms with Crippen LogP contribution in [0.1, 0.15) is 30.3 Å². The molecule has 4 nitrogen and oxygen atoms in total. The van der Waals surface area contributed by atoms with Gasteiger partial charge in [-0.2, -0.15) is 0 Å². The number of carbonyl (C=O) groups excluding carboxylic acids is 1. The molecule has 2 heterocycles. The Morgan fingerprint density at radius 2 is 2.00 bits per heavy atom. The van der Waals surface area contributed by atoms with Crippen molar-refractivity contribution in [2.75, 3.05) is 18.4 Å². The number of para-hydroxylation sites is 2. The van der Waals surface area contributed by atoms with Gasteiger partial charge in [-0.3, -0.25) is 4.79 Å². The molecule has 0 radical (unpaired) electrons. The van der Waals surface area contributed by atoms with Gasteiger partial charge in [0.1, 0.15) is 6.04 Å². The molecule has 134 valence electrons. The van der Waals surface area contributed by atoms with E-state index in [1.807, 2.05) is 30.3 Å². The highest BCUT2D eigenvalue weighted by molar-refractivity contribution is 7.18. The van der Waals surface area contributed by atoms with Crippen molar-refractivity contribution in [2.24, 2.45) is 0 Å². The number of likely N-dealkylation sites (tertiary alicyclic amines) is 1. The predicted molar refractivity (Wildman–Crippen MR) is 107 cm³/mol. The quantitative estimate of drug-likeness (QED) is 0.718. The van der Waals surface area contributed by atoms with Crippen LogP contribution in [0.4, 0.5) is 5.69 Å². The fourth-order valence-electron chi connectivity index (χ4n) is 3.59. The fourth-order valence-corrected chi connectivity index (χ4v) is 4.93. The Morgan fingerprint density at radius 1 is 1.19 bits per heavy atom. The Morgan fingerprint density at radius 3 is 2.85 bits per heavy atom. The minimum atomic E-state index is 0.00103. The molecule has 6 heteroatoms. The number of benzene rings is 2. The van der Waals surface area contributed by atoms with Gasteiger partial charge in [-0.1, -0.05) is 35.9 Å². The summed E-state index contributed by atoms with van der Waals surface area (Å²) in [5.74, 6) is 0.00103. The molecule has 1 unspecified atom stereocenters. The van der Waals surface area contributed by atoms with Crippen molar-refractivity contribution in [1.29, 1.82) is 0 Å². The van der Waals surface area contributed by atoms with E-state index in [1.165, 1.54) is 16.0 Å². The number of piperidine rings is 1. The molecule has 0 saturated carbocycles. The van der Waals surface area contributed by atoms with Crippen molar-refractivity contribution in [3.05, 3.63) is 58.6 Å². The number of nitrogens with one attached hydrogen (secondary N) is 2. The summed E-state index contributed by atoms with van der Waals surface area (Å²) in [6, 6.07) is 15.9. The van der Waals surface area contributed by atoms with E-state index in [1.54, 1.807) is 17.4 Å². The van der Waals surface area contributed by atoms with Gasteiger partial charge in [-0.15, -0.1) is 11.3 Å². The molecule has 1 aromatic heterocycles. The lowest BCUT2D eigenvalue weighted by Gasteiger charge is -2.30. The number of quaternary nitrogens is 1. The van der Waals surface area contributed by atoms with Crippen molar-refractivity contribution < 1.29 is 9.69 Å². The van der Waals surface area contributed by atoms with Crippen LogP contribution in [-0.2, 0) is 4.79 Å². The van der Waals surface area contributed by atoms with Crippen molar-refractivity contribution in [3.63, 3.8) is 0 Å². The largest absolute Gasteiger partial charge is 0.320 e. The first-order chi connectivity index (χ1) is 12.7. The molecule has 0 spiro atoms. The van der Waals surface area contributed by atoms with Gasteiger partial charge >= 0.3 is 0 Å². The Balaban J connectivity index is 1.50. The van der Waals surface area contributed by atoms with Crippen LogP contribution < -0.4 is 10.2 Å². The van der Waals surface area contributed by atoms with Crippen LogP contribution in [0.5, 0.6) is 0 Å². The third kappa shape index (κ3) is 3.75. The molecule has 2 aromatic carbocycles. The lowest BCUT2D eigenvalue weighted by Crippen LogP contribution is -3.14. The molecule has 0 bridgehead atoms. The Kier molecular flexibility index (Phi) is 5.20. The number of amides is 1. The smallest absolute Gasteiger partial charge is 0.279 e. The van der Waals surface area contributed by atoms with Crippen LogP contribution in [0.25, 0.3) is 10.2 Å². The van der Waals surface area contributed by atoms with E-state index >= 15 is 0 Å². The van der Waals surface area contributed by atoms with E-state index in [2.05, 4.69) is 17.4 Å². The second-order valence-electron chi connectivity index (χ2n) is 6.68. The number of carbonyl (C=O) groups is 1. The van der Waals surface area contributed by atoms with Gasteiger partial charge in [-0.05, 0) is 37.1 Å². The summed E-state index contributed by atoms with van der Waals surface area (Å²) in [6.07, 6.45) is 3.42. The fraction of sp³-hybridized carbons (Fsp3) is 0.300. The molecule has 0 aliphatic carbocycles. The van der Waals surface area contributed by atoms with Crippen LogP contribution in [0, 0.1) is 0 Å². The summed E-state index contributed by atoms with van der Waals surface area (Å²) in [5, 5.41) is 4.66. The van der Waals surface area contributed by atoms with Gasteiger partial charge in [0, 0.05) is 6.42 Å². The maximum atomic E-state index is 12.6. The van der Waals surface area contributed by atoms with Crippen molar-refractivity contribution in [1.82, 2.24) is 4.98 Å². The Bertz CT molecular complexity index is 893. The van der Waals surface area contributed by atoms with Crippen LogP contribution >= 0.6 is 22.9 Å². The maximum Gasteiger partial charge on any atom is 0.279 e. The number of rotatable bonds is 4. The number of nitrogens with zero attached hydrogens (tertiary/aromatic N) is 1. The first kappa shape index (κ1) is 17.5. The summed E-state index contributed by atoms with van der Waals surface area (Å²) >= 11 is 7.91. The molecule has 1 aliphatic heterocycles. The molecular weight excluding hydrogens is 366 g/mol. The number of hydrogen-bond acceptors (Lipinski definition) is 3. The van der Waals surface area contributed by atoms with Gasteiger partial charge in [0.15, 0.2) is 11.6 Å². The summed E-state index contributed by atoms with van der Waals surface area (Å²) in [6.45, 7) is 1.43. The molecule has 1 aliphatic rings. The number of thiazole rings is 1. The number of anilines is 1. The molecule has 1 fully saturated rings. The standard InChI is InChI=1S/C20H20ClN3OS/c21-14-7-1-2-8-15(14)22-19(25)13-24-12-6-5-10-17(24)20-23-16-9-3-4-11-18(16)26-20/h1-4,7-9,11,17H,5-6,10,12-13H2,(H,22,25)/p+1/t17-/m0/s1. The summed E-state index contributed by atoms with van der Waals surface area (Å²) in [4.78, 5) is 18.7. The van der Waals surface area contributed by atoms with Gasteiger partial charge in [0.25, 0.3) is 5.91 Å². The van der Waals surface area contributed by atoms with E-state index in [0.29, 0.717) is 17.3 Å². The van der Waals surface area contributed by atoms with E-state index < -0.39 is 0 Å². The third-order valence-corrected chi connectivity index (χ3v) is 6.36. The lowest BCUT2D eigenvalue weighted by atomic mass is 10.0. The van der Waals surface area contributed by atoms with E-state index in [0.717, 1.165) is 29.9 Å². The van der Waals surface area contributed by atoms with Gasteiger partial charge in [0.2, 0.25) is 0 Å². The van der Waals surface area contributed by atoms with E-state index in [4.69, 9.17) is 16.6 Å². The van der Waals surface area contributed by atoms with Gasteiger partial charge in [-0.25, -0.2) is 4.98 Å². The second kappa shape index (κ2) is 7.74. The maximum absolute atomic E-state index is 12.6. The summed E-state index contributed by atoms with van der Waals surface area (Å²) in [7, 11) is 0. The zero-order valence-electron chi connectivity index (χ0n) is 14.4. The zero-order chi connectivity index (χ0) is 17.9. The molecule has 4 rings (SSSR count). The lowest BCUT2D eigenvalue weighted by molar-refractivity contribution is -0.929. The Hall–Kier alpha value is -1.95. The molecular formula is C20H21ClN3OS+. The number of aromatic nitrogens is 1. The van der Waals surface area contributed by atoms with Crippen LogP contribution in [0.15, 0.2) is 48.5 Å². The average molecular weight is 387 g/mol. The minimum Gasteiger partial charge on any atom is -0.320 e. The molecule has 26 heavy (non-hydrogen) atoms. The second-order valence-corrected chi connectivity index (χ2v) is 8.15. The zero-order valence-corrected chi connectivity index (χ0v) is 15.9. The predicted octanol–water partition coefficient (Wildman–Crippen LogP) is 3.70. The third-order valence-electron chi connectivity index (χ3n) is 4.88.